The van der Waals surface area contributed by atoms with E-state index in [1.807, 2.05) is 24.3 Å². The minimum Gasteiger partial charge on any atom is -0.330 e. The van der Waals surface area contributed by atoms with Crippen LogP contribution in [0, 0.1) is 0 Å². The van der Waals surface area contributed by atoms with Crippen LogP contribution >= 0.6 is 11.5 Å². The average Bonchev–Trinajstić information content (AvgIpc) is 2.78. The van der Waals surface area contributed by atoms with Gasteiger partial charge in [-0.2, -0.15) is 4.37 Å². The van der Waals surface area contributed by atoms with Crippen molar-refractivity contribution in [1.29, 1.82) is 0 Å². The number of aromatic nitrogens is 2. The molecule has 0 spiro atoms. The molecule has 2 rings (SSSR count). The number of nitrogens with one attached hydrogen (secondary N) is 1. The molecule has 0 aliphatic rings. The summed E-state index contributed by atoms with van der Waals surface area (Å²) in [7, 11) is 0. The summed E-state index contributed by atoms with van der Waals surface area (Å²) in [5.41, 5.74) is 7.75. The zero-order valence-electron chi connectivity index (χ0n) is 10.9. The summed E-state index contributed by atoms with van der Waals surface area (Å²) >= 11 is 1.38. The fourth-order valence-corrected chi connectivity index (χ4v) is 2.28. The molecule has 0 unspecified atom stereocenters. The predicted octanol–water partition coefficient (Wildman–Crippen LogP) is 3.04. The highest BCUT2D eigenvalue weighted by molar-refractivity contribution is 7.09. The van der Waals surface area contributed by atoms with Crippen LogP contribution in [0.2, 0.25) is 0 Å². The first kappa shape index (κ1) is 13.0. The summed E-state index contributed by atoms with van der Waals surface area (Å²) in [5.74, 6) is 0.861. The molecule has 0 saturated heterocycles. The summed E-state index contributed by atoms with van der Waals surface area (Å²) < 4.78 is 4.38. The van der Waals surface area contributed by atoms with E-state index in [1.165, 1.54) is 11.5 Å². The van der Waals surface area contributed by atoms with E-state index < -0.39 is 0 Å². The Labute approximate surface area is 111 Å². The lowest BCUT2D eigenvalue weighted by molar-refractivity contribution is 0.555. The summed E-state index contributed by atoms with van der Waals surface area (Å²) in [4.78, 5) is 4.51. The van der Waals surface area contributed by atoms with Crippen LogP contribution in [-0.4, -0.2) is 9.36 Å². The molecule has 0 bridgehead atoms. The minimum absolute atomic E-state index is 0.0240. The van der Waals surface area contributed by atoms with Gasteiger partial charge in [0.2, 0.25) is 5.13 Å². The molecule has 0 fully saturated rings. The molecule has 0 saturated carbocycles. The van der Waals surface area contributed by atoms with Gasteiger partial charge >= 0.3 is 0 Å². The Morgan fingerprint density at radius 1 is 1.28 bits per heavy atom. The lowest BCUT2D eigenvalue weighted by atomic mass is 9.96. The van der Waals surface area contributed by atoms with Crippen LogP contribution in [0.15, 0.2) is 24.3 Å². The number of hydrogen-bond donors (Lipinski definition) is 2. The van der Waals surface area contributed by atoms with Crippen molar-refractivity contribution in [2.75, 3.05) is 5.32 Å². The second-order valence-electron chi connectivity index (χ2n) is 5.16. The second-order valence-corrected chi connectivity index (χ2v) is 5.91. The molecule has 18 heavy (non-hydrogen) atoms. The Bertz CT molecular complexity index is 528. The van der Waals surface area contributed by atoms with Gasteiger partial charge in [-0.05, 0) is 11.6 Å². The first-order valence-electron chi connectivity index (χ1n) is 5.90. The topological polar surface area (TPSA) is 63.8 Å². The molecular weight excluding hydrogens is 244 g/mol. The lowest BCUT2D eigenvalue weighted by Gasteiger charge is -2.12. The molecule has 5 heteroatoms. The zero-order valence-corrected chi connectivity index (χ0v) is 11.7. The Morgan fingerprint density at radius 3 is 2.61 bits per heavy atom. The van der Waals surface area contributed by atoms with Gasteiger partial charge in [-0.25, -0.2) is 4.98 Å². The SMILES string of the molecule is CC(C)(C)c1nsc(Nc2ccccc2CN)n1. The van der Waals surface area contributed by atoms with E-state index in [-0.39, 0.29) is 5.41 Å². The molecule has 0 aliphatic carbocycles. The van der Waals surface area contributed by atoms with E-state index in [0.29, 0.717) is 6.54 Å². The molecule has 0 amide bonds. The van der Waals surface area contributed by atoms with E-state index >= 15 is 0 Å². The number of nitrogens with zero attached hydrogens (tertiary/aromatic N) is 2. The molecule has 1 aromatic heterocycles. The maximum absolute atomic E-state index is 5.71. The monoisotopic (exact) mass is 262 g/mol. The number of rotatable bonds is 3. The van der Waals surface area contributed by atoms with Crippen molar-refractivity contribution in [1.82, 2.24) is 9.36 Å². The first-order chi connectivity index (χ1) is 8.50. The molecular formula is C13H18N4S. The molecule has 1 heterocycles. The number of benzene rings is 1. The third-order valence-corrected chi connectivity index (χ3v) is 3.21. The van der Waals surface area contributed by atoms with Crippen molar-refractivity contribution in [3.8, 4) is 0 Å². The molecule has 1 aromatic carbocycles. The van der Waals surface area contributed by atoms with Crippen LogP contribution in [-0.2, 0) is 12.0 Å². The molecule has 2 aromatic rings. The van der Waals surface area contributed by atoms with Crippen molar-refractivity contribution < 1.29 is 0 Å². The van der Waals surface area contributed by atoms with Gasteiger partial charge in [0.25, 0.3) is 0 Å². The summed E-state index contributed by atoms with van der Waals surface area (Å²) in [6.07, 6.45) is 0. The van der Waals surface area contributed by atoms with Gasteiger partial charge in [0, 0.05) is 29.2 Å². The van der Waals surface area contributed by atoms with Gasteiger partial charge in [0.1, 0.15) is 5.82 Å². The molecule has 0 radical (unpaired) electrons. The van der Waals surface area contributed by atoms with Crippen LogP contribution in [0.5, 0.6) is 0 Å². The highest BCUT2D eigenvalue weighted by Gasteiger charge is 2.19. The number of hydrogen-bond acceptors (Lipinski definition) is 5. The predicted molar refractivity (Wildman–Crippen MR) is 76.2 cm³/mol. The summed E-state index contributed by atoms with van der Waals surface area (Å²) in [6.45, 7) is 6.82. The van der Waals surface area contributed by atoms with E-state index in [1.54, 1.807) is 0 Å². The molecule has 0 atom stereocenters. The number of para-hydroxylation sites is 1. The van der Waals surface area contributed by atoms with Gasteiger partial charge < -0.3 is 11.1 Å². The molecule has 0 aliphatic heterocycles. The van der Waals surface area contributed by atoms with E-state index in [2.05, 4.69) is 35.4 Å². The van der Waals surface area contributed by atoms with Crippen molar-refractivity contribution in [3.63, 3.8) is 0 Å². The first-order valence-corrected chi connectivity index (χ1v) is 6.67. The Balaban J connectivity index is 2.22. The zero-order chi connectivity index (χ0) is 13.2. The van der Waals surface area contributed by atoms with Crippen molar-refractivity contribution >= 4 is 22.4 Å². The highest BCUT2D eigenvalue weighted by atomic mass is 32.1. The fourth-order valence-electron chi connectivity index (χ4n) is 1.51. The van der Waals surface area contributed by atoms with E-state index in [0.717, 1.165) is 22.2 Å². The summed E-state index contributed by atoms with van der Waals surface area (Å²) in [5, 5.41) is 4.09. The normalized spacial score (nSPS) is 11.6. The van der Waals surface area contributed by atoms with Crippen LogP contribution < -0.4 is 11.1 Å². The van der Waals surface area contributed by atoms with Crippen LogP contribution in [0.3, 0.4) is 0 Å². The van der Waals surface area contributed by atoms with Gasteiger partial charge in [-0.1, -0.05) is 39.0 Å². The molecule has 96 valence electrons. The van der Waals surface area contributed by atoms with Gasteiger partial charge in [0.15, 0.2) is 0 Å². The molecule has 3 N–H and O–H groups in total. The Hall–Kier alpha value is -1.46. The quantitative estimate of drug-likeness (QED) is 0.892. The fraction of sp³-hybridized carbons (Fsp3) is 0.385. The van der Waals surface area contributed by atoms with Crippen LogP contribution in [0.25, 0.3) is 0 Å². The van der Waals surface area contributed by atoms with E-state index in [9.17, 15) is 0 Å². The molecule has 4 nitrogen and oxygen atoms in total. The third kappa shape index (κ3) is 2.86. The van der Waals surface area contributed by atoms with Crippen molar-refractivity contribution in [3.05, 3.63) is 35.7 Å². The Kier molecular flexibility index (Phi) is 3.63. The average molecular weight is 262 g/mol. The van der Waals surface area contributed by atoms with Gasteiger partial charge in [-0.3, -0.25) is 0 Å². The van der Waals surface area contributed by atoms with Crippen LogP contribution in [0.1, 0.15) is 32.2 Å². The van der Waals surface area contributed by atoms with Crippen LogP contribution in [0.4, 0.5) is 10.8 Å². The van der Waals surface area contributed by atoms with Gasteiger partial charge in [-0.15, -0.1) is 0 Å². The lowest BCUT2D eigenvalue weighted by Crippen LogP contribution is -2.13. The number of anilines is 2. The van der Waals surface area contributed by atoms with Gasteiger partial charge in [0.05, 0.1) is 0 Å². The van der Waals surface area contributed by atoms with Crippen molar-refractivity contribution in [2.45, 2.75) is 32.7 Å². The van der Waals surface area contributed by atoms with Crippen molar-refractivity contribution in [2.24, 2.45) is 5.73 Å². The largest absolute Gasteiger partial charge is 0.330 e. The number of nitrogens with two attached hydrogens (primary N) is 1. The summed E-state index contributed by atoms with van der Waals surface area (Å²) in [6, 6.07) is 7.97. The smallest absolute Gasteiger partial charge is 0.207 e. The third-order valence-electron chi connectivity index (χ3n) is 2.58. The maximum Gasteiger partial charge on any atom is 0.207 e. The maximum atomic E-state index is 5.71. The standard InChI is InChI=1S/C13H18N4S/c1-13(2,3)11-16-12(18-17-11)15-10-7-5-4-6-9(10)8-14/h4-7H,8,14H2,1-3H3,(H,15,16,17). The minimum atomic E-state index is -0.0240. The van der Waals surface area contributed by atoms with E-state index in [4.69, 9.17) is 5.73 Å². The second kappa shape index (κ2) is 5.04. The highest BCUT2D eigenvalue weighted by Crippen LogP contribution is 2.26. The Morgan fingerprint density at radius 2 is 2.00 bits per heavy atom.